The van der Waals surface area contributed by atoms with Crippen molar-refractivity contribution in [3.8, 4) is 0 Å². The van der Waals surface area contributed by atoms with Gasteiger partial charge in [0.1, 0.15) is 6.54 Å². The molecule has 1 atom stereocenters. The van der Waals surface area contributed by atoms with Crippen LogP contribution in [0.1, 0.15) is 30.6 Å². The highest BCUT2D eigenvalue weighted by molar-refractivity contribution is 7.92. The first-order valence-corrected chi connectivity index (χ1v) is 13.1. The molecule has 35 heavy (non-hydrogen) atoms. The summed E-state index contributed by atoms with van der Waals surface area (Å²) in [5, 5.41) is 5.91. The van der Waals surface area contributed by atoms with Crippen LogP contribution in [0.15, 0.2) is 77.7 Å². The molecule has 2 amide bonds. The number of amides is 2. The third-order valence-electron chi connectivity index (χ3n) is 5.23. The van der Waals surface area contributed by atoms with Crippen molar-refractivity contribution < 1.29 is 18.0 Å². The molecule has 0 spiro atoms. The number of nitrogens with zero attached hydrogens (tertiary/aromatic N) is 1. The number of hydrogen-bond donors (Lipinski definition) is 2. The minimum atomic E-state index is -4.16. The van der Waals surface area contributed by atoms with Gasteiger partial charge < -0.3 is 10.6 Å². The van der Waals surface area contributed by atoms with Crippen LogP contribution in [-0.2, 0) is 14.8 Å². The van der Waals surface area contributed by atoms with Crippen LogP contribution in [0.4, 0.5) is 11.4 Å². The molecule has 7 nitrogen and oxygen atoms in total. The van der Waals surface area contributed by atoms with Crippen LogP contribution in [0, 0.1) is 0 Å². The van der Waals surface area contributed by atoms with Gasteiger partial charge in [0.2, 0.25) is 5.91 Å². The molecule has 0 bridgehead atoms. The van der Waals surface area contributed by atoms with Gasteiger partial charge in [0.05, 0.1) is 26.9 Å². The molecule has 0 aliphatic rings. The van der Waals surface area contributed by atoms with E-state index in [2.05, 4.69) is 10.6 Å². The minimum Gasteiger partial charge on any atom is -0.350 e. The summed E-state index contributed by atoms with van der Waals surface area (Å²) in [6.07, 6.45) is 0.744. The van der Waals surface area contributed by atoms with E-state index in [-0.39, 0.29) is 38.8 Å². The number of anilines is 2. The van der Waals surface area contributed by atoms with Gasteiger partial charge in [-0.25, -0.2) is 8.42 Å². The summed E-state index contributed by atoms with van der Waals surface area (Å²) in [6.45, 7) is 3.24. The van der Waals surface area contributed by atoms with Gasteiger partial charge in [0, 0.05) is 11.1 Å². The number of hydrogen-bond acceptors (Lipinski definition) is 4. The molecular formula is C25H25Cl2N3O4S. The zero-order valence-electron chi connectivity index (χ0n) is 19.2. The monoisotopic (exact) mass is 533 g/mol. The first-order valence-electron chi connectivity index (χ1n) is 10.9. The summed E-state index contributed by atoms with van der Waals surface area (Å²) in [6, 6.07) is 18.5. The quantitative estimate of drug-likeness (QED) is 0.387. The lowest BCUT2D eigenvalue weighted by atomic mass is 10.1. The van der Waals surface area contributed by atoms with Gasteiger partial charge in [-0.3, -0.25) is 13.9 Å². The highest BCUT2D eigenvalue weighted by Crippen LogP contribution is 2.32. The van der Waals surface area contributed by atoms with Crippen molar-refractivity contribution in [1.82, 2.24) is 5.32 Å². The second kappa shape index (κ2) is 11.6. The van der Waals surface area contributed by atoms with Gasteiger partial charge in [0.25, 0.3) is 15.9 Å². The molecule has 0 radical (unpaired) electrons. The Kier molecular flexibility index (Phi) is 8.77. The number of halogens is 2. The topological polar surface area (TPSA) is 95.6 Å². The van der Waals surface area contributed by atoms with Crippen molar-refractivity contribution in [2.45, 2.75) is 31.2 Å². The van der Waals surface area contributed by atoms with E-state index in [1.54, 1.807) is 42.5 Å². The summed E-state index contributed by atoms with van der Waals surface area (Å²) in [4.78, 5) is 25.8. The lowest BCUT2D eigenvalue weighted by Gasteiger charge is -2.25. The Morgan fingerprint density at radius 3 is 2.29 bits per heavy atom. The van der Waals surface area contributed by atoms with E-state index in [0.717, 1.165) is 10.7 Å². The molecule has 0 aliphatic heterocycles. The third kappa shape index (κ3) is 6.54. The number of sulfonamides is 1. The summed E-state index contributed by atoms with van der Waals surface area (Å²) in [5.41, 5.74) is 0.624. The standard InChI is InChI=1S/C25H25Cl2N3O4S/c1-3-17(2)28-25(32)20-11-7-8-12-22(20)29-24(31)16-30(23-14-13-18(26)15-21(23)27)35(33,34)19-9-5-4-6-10-19/h4-15,17H,3,16H2,1-2H3,(H,28,32)(H,29,31)/t17-/m1/s1. The average Bonchev–Trinajstić information content (AvgIpc) is 2.83. The minimum absolute atomic E-state index is 0.00727. The molecule has 0 saturated carbocycles. The van der Waals surface area contributed by atoms with Crippen LogP contribution in [0.5, 0.6) is 0 Å². The van der Waals surface area contributed by atoms with E-state index >= 15 is 0 Å². The van der Waals surface area contributed by atoms with Crippen LogP contribution < -0.4 is 14.9 Å². The molecule has 0 saturated heterocycles. The molecule has 0 aromatic heterocycles. The van der Waals surface area contributed by atoms with E-state index in [1.807, 2.05) is 13.8 Å². The molecule has 10 heteroatoms. The first-order chi connectivity index (χ1) is 16.6. The highest BCUT2D eigenvalue weighted by atomic mass is 35.5. The summed E-state index contributed by atoms with van der Waals surface area (Å²) < 4.78 is 27.9. The van der Waals surface area contributed by atoms with Gasteiger partial charge in [-0.05, 0) is 55.8 Å². The van der Waals surface area contributed by atoms with Gasteiger partial charge in [-0.1, -0.05) is 60.5 Å². The molecule has 2 N–H and O–H groups in total. The van der Waals surface area contributed by atoms with E-state index in [1.165, 1.54) is 30.3 Å². The van der Waals surface area contributed by atoms with Crippen LogP contribution in [0.25, 0.3) is 0 Å². The molecule has 3 rings (SSSR count). The molecule has 0 aliphatic carbocycles. The van der Waals surface area contributed by atoms with Crippen molar-refractivity contribution in [2.75, 3.05) is 16.2 Å². The Labute approximate surface area is 215 Å². The molecule has 0 fully saturated rings. The Balaban J connectivity index is 1.94. The van der Waals surface area contributed by atoms with Crippen molar-refractivity contribution in [2.24, 2.45) is 0 Å². The predicted molar refractivity (Wildman–Crippen MR) is 140 cm³/mol. The normalized spacial score (nSPS) is 12.0. The van der Waals surface area contributed by atoms with E-state index in [9.17, 15) is 18.0 Å². The van der Waals surface area contributed by atoms with E-state index < -0.39 is 22.5 Å². The maximum absolute atomic E-state index is 13.5. The maximum Gasteiger partial charge on any atom is 0.264 e. The lowest BCUT2D eigenvalue weighted by molar-refractivity contribution is -0.114. The lowest BCUT2D eigenvalue weighted by Crippen LogP contribution is -2.39. The summed E-state index contributed by atoms with van der Waals surface area (Å²) in [5.74, 6) is -0.996. The smallest absolute Gasteiger partial charge is 0.264 e. The molecule has 0 heterocycles. The van der Waals surface area contributed by atoms with E-state index in [4.69, 9.17) is 23.2 Å². The van der Waals surface area contributed by atoms with Gasteiger partial charge in [-0.2, -0.15) is 0 Å². The molecule has 0 unspecified atom stereocenters. The highest BCUT2D eigenvalue weighted by Gasteiger charge is 2.29. The largest absolute Gasteiger partial charge is 0.350 e. The zero-order chi connectivity index (χ0) is 25.6. The second-order valence-corrected chi connectivity index (χ2v) is 10.5. The van der Waals surface area contributed by atoms with Gasteiger partial charge in [0.15, 0.2) is 0 Å². The van der Waals surface area contributed by atoms with Crippen molar-refractivity contribution >= 4 is 56.4 Å². The van der Waals surface area contributed by atoms with Crippen molar-refractivity contribution in [3.05, 3.63) is 88.4 Å². The van der Waals surface area contributed by atoms with Gasteiger partial charge in [-0.15, -0.1) is 0 Å². The van der Waals surface area contributed by atoms with Crippen LogP contribution >= 0.6 is 23.2 Å². The number of para-hydroxylation sites is 1. The fourth-order valence-electron chi connectivity index (χ4n) is 3.22. The van der Waals surface area contributed by atoms with Crippen LogP contribution in [-0.4, -0.2) is 32.8 Å². The molecular weight excluding hydrogens is 509 g/mol. The number of benzene rings is 3. The first kappa shape index (κ1) is 26.5. The Morgan fingerprint density at radius 2 is 1.63 bits per heavy atom. The summed E-state index contributed by atoms with van der Waals surface area (Å²) in [7, 11) is -4.16. The van der Waals surface area contributed by atoms with Gasteiger partial charge >= 0.3 is 0 Å². The van der Waals surface area contributed by atoms with Crippen LogP contribution in [0.2, 0.25) is 10.0 Å². The molecule has 3 aromatic rings. The van der Waals surface area contributed by atoms with Crippen molar-refractivity contribution in [1.29, 1.82) is 0 Å². The van der Waals surface area contributed by atoms with Crippen molar-refractivity contribution in [3.63, 3.8) is 0 Å². The Morgan fingerprint density at radius 1 is 0.971 bits per heavy atom. The number of rotatable bonds is 9. The Bertz CT molecular complexity index is 1320. The predicted octanol–water partition coefficient (Wildman–Crippen LogP) is 5.36. The molecule has 184 valence electrons. The average molecular weight is 534 g/mol. The number of carbonyl (C=O) groups excluding carboxylic acids is 2. The maximum atomic E-state index is 13.5. The van der Waals surface area contributed by atoms with E-state index in [0.29, 0.717) is 5.02 Å². The third-order valence-corrected chi connectivity index (χ3v) is 7.54. The molecule has 3 aromatic carbocycles. The second-order valence-electron chi connectivity index (χ2n) is 7.80. The van der Waals surface area contributed by atoms with Crippen LogP contribution in [0.3, 0.4) is 0 Å². The SMILES string of the molecule is CC[C@@H](C)NC(=O)c1ccccc1NC(=O)CN(c1ccc(Cl)cc1Cl)S(=O)(=O)c1ccccc1. The number of nitrogens with one attached hydrogen (secondary N) is 2. The fraction of sp³-hybridized carbons (Fsp3) is 0.200. The summed E-state index contributed by atoms with van der Waals surface area (Å²) >= 11 is 12.3. The Hall–Kier alpha value is -3.07. The fourth-order valence-corrected chi connectivity index (χ4v) is 5.24. The zero-order valence-corrected chi connectivity index (χ0v) is 21.5. The number of carbonyl (C=O) groups is 2.